The number of hydrogen-bond donors (Lipinski definition) is 1. The van der Waals surface area contributed by atoms with Crippen LogP contribution >= 0.6 is 34.8 Å². The average Bonchev–Trinajstić information content (AvgIpc) is 2.67. The molecule has 8 heteroatoms. The number of ketones is 1. The van der Waals surface area contributed by atoms with Gasteiger partial charge in [0.25, 0.3) is 0 Å². The van der Waals surface area contributed by atoms with Crippen molar-refractivity contribution < 1.29 is 24.1 Å². The molecule has 0 spiro atoms. The number of carbonyl (C=O) groups is 1. The van der Waals surface area contributed by atoms with Crippen molar-refractivity contribution >= 4 is 40.6 Å². The molecule has 0 saturated carbocycles. The van der Waals surface area contributed by atoms with E-state index in [0.717, 1.165) is 11.1 Å². The first-order valence-corrected chi connectivity index (χ1v) is 9.79. The molecule has 28 heavy (non-hydrogen) atoms. The van der Waals surface area contributed by atoms with Crippen LogP contribution in [0.2, 0.25) is 10.0 Å². The average molecular weight is 448 g/mol. The number of methoxy groups -OCH3 is 1. The molecule has 5 nitrogen and oxygen atoms in total. The minimum Gasteiger partial charge on any atom is -0.488 e. The molecule has 0 aliphatic carbocycles. The van der Waals surface area contributed by atoms with Gasteiger partial charge in [-0.15, -0.1) is 11.6 Å². The zero-order valence-corrected chi connectivity index (χ0v) is 17.6. The first-order valence-electron chi connectivity index (χ1n) is 8.50. The number of alkyl halides is 1. The van der Waals surface area contributed by atoms with E-state index < -0.39 is 6.10 Å². The third-order valence-corrected chi connectivity index (χ3v) is 4.61. The second-order valence-electron chi connectivity index (χ2n) is 6.09. The molecule has 1 N–H and O–H groups in total. The summed E-state index contributed by atoms with van der Waals surface area (Å²) in [6.45, 7) is 0.0130. The van der Waals surface area contributed by atoms with Crippen molar-refractivity contribution in [2.45, 2.75) is 12.5 Å². The summed E-state index contributed by atoms with van der Waals surface area (Å²) < 4.78 is 15.6. The van der Waals surface area contributed by atoms with E-state index in [2.05, 4.69) is 0 Å². The molecule has 1 atom stereocenters. The normalized spacial score (nSPS) is 11.9. The number of Topliss-reactive ketones (excluding diaryl/α,β-unsaturated/α-hetero) is 1. The Kier molecular flexibility index (Phi) is 9.35. The summed E-state index contributed by atoms with van der Waals surface area (Å²) in [6.07, 6.45) is -0.189. The molecule has 0 aliphatic heterocycles. The highest BCUT2D eigenvalue weighted by molar-refractivity contribution is 6.37. The summed E-state index contributed by atoms with van der Waals surface area (Å²) in [6, 6.07) is 10.9. The third kappa shape index (κ3) is 7.15. The summed E-state index contributed by atoms with van der Waals surface area (Å²) in [5.74, 6) is 0.858. The van der Waals surface area contributed by atoms with Gasteiger partial charge in [-0.1, -0.05) is 35.3 Å². The monoisotopic (exact) mass is 446 g/mol. The molecule has 2 aromatic rings. The smallest absolute Gasteiger partial charge is 0.195 e. The Morgan fingerprint density at radius 1 is 1.04 bits per heavy atom. The van der Waals surface area contributed by atoms with E-state index in [1.807, 2.05) is 12.1 Å². The van der Waals surface area contributed by atoms with Crippen LogP contribution in [0, 0.1) is 0 Å². The molecule has 0 unspecified atom stereocenters. The van der Waals surface area contributed by atoms with E-state index in [0.29, 0.717) is 28.0 Å². The largest absolute Gasteiger partial charge is 0.488 e. The van der Waals surface area contributed by atoms with Crippen LogP contribution < -0.4 is 9.47 Å². The predicted octanol–water partition coefficient (Wildman–Crippen LogP) is 4.16. The second kappa shape index (κ2) is 11.5. The molecule has 0 saturated heterocycles. The van der Waals surface area contributed by atoms with Gasteiger partial charge in [0.2, 0.25) is 0 Å². The maximum atomic E-state index is 11.4. The van der Waals surface area contributed by atoms with Crippen LogP contribution in [-0.4, -0.2) is 49.8 Å². The first-order chi connectivity index (χ1) is 13.4. The molecular formula is C20H21Cl3O5. The van der Waals surface area contributed by atoms with E-state index in [9.17, 15) is 9.90 Å². The van der Waals surface area contributed by atoms with Crippen molar-refractivity contribution in [1.29, 1.82) is 0 Å². The number of hydrogen-bond acceptors (Lipinski definition) is 5. The Labute approximate surface area is 179 Å². The number of carbonyl (C=O) groups excluding carboxylic acids is 1. The zero-order valence-electron chi connectivity index (χ0n) is 15.3. The number of aliphatic hydroxyl groups is 1. The van der Waals surface area contributed by atoms with Crippen LogP contribution in [0.25, 0.3) is 0 Å². The van der Waals surface area contributed by atoms with Gasteiger partial charge in [-0.2, -0.15) is 0 Å². The van der Waals surface area contributed by atoms with Crippen molar-refractivity contribution in [2.24, 2.45) is 0 Å². The Balaban J connectivity index is 1.98. The highest BCUT2D eigenvalue weighted by Gasteiger charge is 2.12. The van der Waals surface area contributed by atoms with Crippen molar-refractivity contribution in [1.82, 2.24) is 0 Å². The lowest BCUT2D eigenvalue weighted by molar-refractivity contribution is -0.124. The Morgan fingerprint density at radius 3 is 2.25 bits per heavy atom. The van der Waals surface area contributed by atoms with Crippen LogP contribution in [0.4, 0.5) is 0 Å². The summed E-state index contributed by atoms with van der Waals surface area (Å²) in [7, 11) is 1.47. The molecule has 2 rings (SSSR count). The van der Waals surface area contributed by atoms with E-state index in [1.54, 1.807) is 24.3 Å². The predicted molar refractivity (Wildman–Crippen MR) is 110 cm³/mol. The van der Waals surface area contributed by atoms with Gasteiger partial charge in [-0.25, -0.2) is 0 Å². The first kappa shape index (κ1) is 22.8. The summed E-state index contributed by atoms with van der Waals surface area (Å²) in [5.41, 5.74) is 1.93. The maximum absolute atomic E-state index is 11.4. The molecule has 0 aromatic heterocycles. The van der Waals surface area contributed by atoms with Crippen molar-refractivity contribution in [3.05, 3.63) is 57.6 Å². The summed E-state index contributed by atoms with van der Waals surface area (Å²) in [5, 5.41) is 10.2. The van der Waals surface area contributed by atoms with Crippen LogP contribution in [-0.2, 0) is 16.0 Å². The highest BCUT2D eigenvalue weighted by atomic mass is 35.5. The van der Waals surface area contributed by atoms with E-state index in [1.165, 1.54) is 7.11 Å². The molecule has 0 bridgehead atoms. The highest BCUT2D eigenvalue weighted by Crippen LogP contribution is 2.35. The fraction of sp³-hybridized carbons (Fsp3) is 0.350. The minimum absolute atomic E-state index is 0.0105. The maximum Gasteiger partial charge on any atom is 0.195 e. The van der Waals surface area contributed by atoms with Crippen molar-refractivity contribution in [3.63, 3.8) is 0 Å². The summed E-state index contributed by atoms with van der Waals surface area (Å²) in [4.78, 5) is 11.4. The Morgan fingerprint density at radius 2 is 1.68 bits per heavy atom. The SMILES string of the molecule is COCC(=O)COc1ccc(Cc2cc(Cl)c(OC[C@H](O)CCl)c(Cl)c2)cc1. The zero-order chi connectivity index (χ0) is 20.5. The molecule has 2 aromatic carbocycles. The number of rotatable bonds is 11. The van der Waals surface area contributed by atoms with Gasteiger partial charge < -0.3 is 19.3 Å². The number of ether oxygens (including phenoxy) is 3. The van der Waals surface area contributed by atoms with Gasteiger partial charge in [0, 0.05) is 7.11 Å². The van der Waals surface area contributed by atoms with Crippen LogP contribution in [0.15, 0.2) is 36.4 Å². The van der Waals surface area contributed by atoms with Gasteiger partial charge in [-0.3, -0.25) is 4.79 Å². The Hall–Kier alpha value is -1.50. The van der Waals surface area contributed by atoms with Crippen molar-refractivity contribution in [2.75, 3.05) is 32.8 Å². The molecule has 0 amide bonds. The fourth-order valence-electron chi connectivity index (χ4n) is 2.38. The van der Waals surface area contributed by atoms with E-state index in [4.69, 9.17) is 49.0 Å². The third-order valence-electron chi connectivity index (χ3n) is 3.69. The molecule has 152 valence electrons. The number of aliphatic hydroxyl groups excluding tert-OH is 1. The van der Waals surface area contributed by atoms with Gasteiger partial charge in [-0.05, 0) is 41.8 Å². The van der Waals surface area contributed by atoms with Crippen LogP contribution in [0.5, 0.6) is 11.5 Å². The lowest BCUT2D eigenvalue weighted by Crippen LogP contribution is -2.19. The lowest BCUT2D eigenvalue weighted by atomic mass is 10.0. The van der Waals surface area contributed by atoms with Gasteiger partial charge in [0.1, 0.15) is 31.7 Å². The van der Waals surface area contributed by atoms with Gasteiger partial charge in [0.05, 0.1) is 15.9 Å². The standard InChI is InChI=1S/C20H21Cl3O5/c1-26-10-16(25)12-27-17-4-2-13(3-5-17)6-14-7-18(22)20(19(23)8-14)28-11-15(24)9-21/h2-5,7-8,15,24H,6,9-12H2,1H3/t15-/m1/s1. The molecular weight excluding hydrogens is 427 g/mol. The molecule has 0 heterocycles. The van der Waals surface area contributed by atoms with Gasteiger partial charge in [0.15, 0.2) is 11.5 Å². The van der Waals surface area contributed by atoms with Crippen LogP contribution in [0.3, 0.4) is 0 Å². The lowest BCUT2D eigenvalue weighted by Gasteiger charge is -2.14. The molecule has 0 radical (unpaired) electrons. The molecule has 0 aliphatic rings. The number of halogens is 3. The Bertz CT molecular complexity index is 757. The van der Waals surface area contributed by atoms with Crippen LogP contribution in [0.1, 0.15) is 11.1 Å². The van der Waals surface area contributed by atoms with Gasteiger partial charge >= 0.3 is 0 Å². The summed E-state index contributed by atoms with van der Waals surface area (Å²) >= 11 is 18.1. The molecule has 0 fully saturated rings. The second-order valence-corrected chi connectivity index (χ2v) is 7.21. The fourth-order valence-corrected chi connectivity index (χ4v) is 3.11. The minimum atomic E-state index is -0.793. The van der Waals surface area contributed by atoms with E-state index >= 15 is 0 Å². The number of benzene rings is 2. The topological polar surface area (TPSA) is 65.0 Å². The van der Waals surface area contributed by atoms with Crippen molar-refractivity contribution in [3.8, 4) is 11.5 Å². The quantitative estimate of drug-likeness (QED) is 0.524. The van der Waals surface area contributed by atoms with E-state index in [-0.39, 0.29) is 31.5 Å².